The Labute approximate surface area is 171 Å². The van der Waals surface area contributed by atoms with E-state index in [1.165, 1.54) is 11.1 Å². The van der Waals surface area contributed by atoms with Gasteiger partial charge in [-0.1, -0.05) is 60.7 Å². The van der Waals surface area contributed by atoms with Crippen LogP contribution in [0.1, 0.15) is 39.4 Å². The van der Waals surface area contributed by atoms with Crippen LogP contribution in [0.2, 0.25) is 0 Å². The quantitative estimate of drug-likeness (QED) is 0.608. The number of hydrogen-bond donors (Lipinski definition) is 2. The lowest BCUT2D eigenvalue weighted by molar-refractivity contribution is 0.0951. The normalized spacial score (nSPS) is 17.6. The van der Waals surface area contributed by atoms with Gasteiger partial charge in [-0.2, -0.15) is 0 Å². The number of nitrogens with one attached hydrogen (secondary N) is 2. The molecule has 0 radical (unpaired) electrons. The Balaban J connectivity index is 1.28. The van der Waals surface area contributed by atoms with Crippen molar-refractivity contribution in [3.05, 3.63) is 101 Å². The van der Waals surface area contributed by atoms with Gasteiger partial charge in [-0.05, 0) is 35.7 Å². The first-order valence-corrected chi connectivity index (χ1v) is 10.0. The van der Waals surface area contributed by atoms with Gasteiger partial charge >= 0.3 is 0 Å². The fourth-order valence-electron chi connectivity index (χ4n) is 3.64. The van der Waals surface area contributed by atoms with Gasteiger partial charge in [0.1, 0.15) is 5.75 Å². The van der Waals surface area contributed by atoms with E-state index in [0.717, 1.165) is 24.3 Å². The molecule has 148 valence electrons. The first-order valence-electron chi connectivity index (χ1n) is 10.0. The van der Waals surface area contributed by atoms with Crippen molar-refractivity contribution in [2.45, 2.75) is 31.5 Å². The molecule has 2 N–H and O–H groups in total. The molecule has 2 atom stereocenters. The summed E-state index contributed by atoms with van der Waals surface area (Å²) in [5.41, 5.74) is 4.25. The molecule has 1 fully saturated rings. The molecule has 3 aromatic carbocycles. The molecule has 0 aromatic heterocycles. The van der Waals surface area contributed by atoms with Crippen LogP contribution in [0.3, 0.4) is 0 Å². The SMILES string of the molecule is COc1ccccc1CN[C@@H]1C[C@H]1c1ccc(C(=O)NCc2ccccc2)cc1. The van der Waals surface area contributed by atoms with E-state index in [-0.39, 0.29) is 5.91 Å². The van der Waals surface area contributed by atoms with E-state index in [9.17, 15) is 4.79 Å². The number of carbonyl (C=O) groups is 1. The predicted molar refractivity (Wildman–Crippen MR) is 115 cm³/mol. The van der Waals surface area contributed by atoms with E-state index in [2.05, 4.69) is 28.8 Å². The zero-order valence-corrected chi connectivity index (χ0v) is 16.6. The Hall–Kier alpha value is -3.11. The van der Waals surface area contributed by atoms with Crippen molar-refractivity contribution in [1.82, 2.24) is 10.6 Å². The number of carbonyl (C=O) groups excluding carboxylic acids is 1. The van der Waals surface area contributed by atoms with E-state index in [1.54, 1.807) is 7.11 Å². The number of benzene rings is 3. The Kier molecular flexibility index (Phi) is 5.92. The Morgan fingerprint density at radius 2 is 1.66 bits per heavy atom. The lowest BCUT2D eigenvalue weighted by Crippen LogP contribution is -2.22. The van der Waals surface area contributed by atoms with Gasteiger partial charge in [-0.15, -0.1) is 0 Å². The van der Waals surface area contributed by atoms with Crippen LogP contribution in [0.25, 0.3) is 0 Å². The van der Waals surface area contributed by atoms with Crippen LogP contribution >= 0.6 is 0 Å². The van der Waals surface area contributed by atoms with Crippen LogP contribution in [0.5, 0.6) is 5.75 Å². The number of amides is 1. The highest BCUT2D eigenvalue weighted by Crippen LogP contribution is 2.41. The van der Waals surface area contributed by atoms with E-state index in [0.29, 0.717) is 24.1 Å². The van der Waals surface area contributed by atoms with Crippen LogP contribution in [-0.2, 0) is 13.1 Å². The monoisotopic (exact) mass is 386 g/mol. The van der Waals surface area contributed by atoms with Crippen LogP contribution in [-0.4, -0.2) is 19.1 Å². The molecule has 0 unspecified atom stereocenters. The molecule has 3 aromatic rings. The summed E-state index contributed by atoms with van der Waals surface area (Å²) < 4.78 is 5.42. The number of methoxy groups -OCH3 is 1. The van der Waals surface area contributed by atoms with Crippen molar-refractivity contribution < 1.29 is 9.53 Å². The fraction of sp³-hybridized carbons (Fsp3) is 0.240. The third-order valence-corrected chi connectivity index (χ3v) is 5.43. The minimum atomic E-state index is -0.0398. The highest BCUT2D eigenvalue weighted by molar-refractivity contribution is 5.94. The molecule has 4 heteroatoms. The van der Waals surface area contributed by atoms with Crippen molar-refractivity contribution in [1.29, 1.82) is 0 Å². The summed E-state index contributed by atoms with van der Waals surface area (Å²) in [5.74, 6) is 1.39. The minimum absolute atomic E-state index is 0.0398. The van der Waals surface area contributed by atoms with Crippen LogP contribution in [0.15, 0.2) is 78.9 Å². The molecule has 0 spiro atoms. The second-order valence-corrected chi connectivity index (χ2v) is 7.43. The molecule has 0 saturated heterocycles. The van der Waals surface area contributed by atoms with Crippen molar-refractivity contribution in [3.63, 3.8) is 0 Å². The maximum Gasteiger partial charge on any atom is 0.251 e. The van der Waals surface area contributed by atoms with Gasteiger partial charge in [-0.3, -0.25) is 4.79 Å². The standard InChI is InChI=1S/C25H26N2O2/c1-29-24-10-6-5-9-21(24)17-26-23-15-22(23)19-11-13-20(14-12-19)25(28)27-16-18-7-3-2-4-8-18/h2-14,22-23,26H,15-17H2,1H3,(H,27,28)/t22-,23+/m0/s1. The first-order chi connectivity index (χ1) is 14.2. The molecule has 4 nitrogen and oxygen atoms in total. The molecular weight excluding hydrogens is 360 g/mol. The molecule has 4 rings (SSSR count). The lowest BCUT2D eigenvalue weighted by atomic mass is 10.1. The molecule has 1 aliphatic rings. The van der Waals surface area contributed by atoms with Crippen molar-refractivity contribution in [3.8, 4) is 5.75 Å². The molecule has 0 bridgehead atoms. The van der Waals surface area contributed by atoms with Crippen LogP contribution in [0.4, 0.5) is 0 Å². The van der Waals surface area contributed by atoms with Crippen molar-refractivity contribution in [2.24, 2.45) is 0 Å². The summed E-state index contributed by atoms with van der Waals surface area (Å²) in [6, 6.07) is 26.5. The number of hydrogen-bond acceptors (Lipinski definition) is 3. The van der Waals surface area contributed by atoms with E-state index in [4.69, 9.17) is 4.74 Å². The lowest BCUT2D eigenvalue weighted by Gasteiger charge is -2.09. The molecule has 29 heavy (non-hydrogen) atoms. The average molecular weight is 386 g/mol. The van der Waals surface area contributed by atoms with Crippen molar-refractivity contribution in [2.75, 3.05) is 7.11 Å². The molecule has 1 aliphatic carbocycles. The zero-order chi connectivity index (χ0) is 20.1. The highest BCUT2D eigenvalue weighted by atomic mass is 16.5. The average Bonchev–Trinajstić information content (AvgIpc) is 3.57. The third-order valence-electron chi connectivity index (χ3n) is 5.43. The minimum Gasteiger partial charge on any atom is -0.496 e. The fourth-order valence-corrected chi connectivity index (χ4v) is 3.64. The van der Waals surface area contributed by atoms with E-state index >= 15 is 0 Å². The first kappa shape index (κ1) is 19.2. The molecule has 0 heterocycles. The number of rotatable bonds is 8. The van der Waals surface area contributed by atoms with Crippen molar-refractivity contribution >= 4 is 5.91 Å². The molecule has 0 aliphatic heterocycles. The van der Waals surface area contributed by atoms with Gasteiger partial charge in [0.05, 0.1) is 7.11 Å². The smallest absolute Gasteiger partial charge is 0.251 e. The summed E-state index contributed by atoms with van der Waals surface area (Å²) >= 11 is 0. The topological polar surface area (TPSA) is 50.4 Å². The van der Waals surface area contributed by atoms with Gasteiger partial charge in [-0.25, -0.2) is 0 Å². The van der Waals surface area contributed by atoms with Gasteiger partial charge < -0.3 is 15.4 Å². The van der Waals surface area contributed by atoms with Crippen LogP contribution in [0, 0.1) is 0 Å². The molecular formula is C25H26N2O2. The summed E-state index contributed by atoms with van der Waals surface area (Å²) in [6.45, 7) is 1.34. The summed E-state index contributed by atoms with van der Waals surface area (Å²) in [7, 11) is 1.70. The summed E-state index contributed by atoms with van der Waals surface area (Å²) in [6.07, 6.45) is 1.12. The van der Waals surface area contributed by atoms with E-state index in [1.807, 2.05) is 60.7 Å². The third kappa shape index (κ3) is 4.84. The number of ether oxygens (including phenoxy) is 1. The Bertz CT molecular complexity index is 954. The van der Waals surface area contributed by atoms with Gasteiger partial charge in [0.15, 0.2) is 0 Å². The van der Waals surface area contributed by atoms with Gasteiger partial charge in [0, 0.05) is 36.2 Å². The highest BCUT2D eigenvalue weighted by Gasteiger charge is 2.37. The Morgan fingerprint density at radius 1 is 0.931 bits per heavy atom. The predicted octanol–water partition coefficient (Wildman–Crippen LogP) is 4.27. The molecule has 1 saturated carbocycles. The second kappa shape index (κ2) is 8.93. The van der Waals surface area contributed by atoms with Crippen LogP contribution < -0.4 is 15.4 Å². The zero-order valence-electron chi connectivity index (χ0n) is 16.6. The largest absolute Gasteiger partial charge is 0.496 e. The second-order valence-electron chi connectivity index (χ2n) is 7.43. The summed E-state index contributed by atoms with van der Waals surface area (Å²) in [5, 5.41) is 6.59. The Morgan fingerprint density at radius 3 is 2.41 bits per heavy atom. The maximum absolute atomic E-state index is 12.4. The maximum atomic E-state index is 12.4. The van der Waals surface area contributed by atoms with E-state index < -0.39 is 0 Å². The van der Waals surface area contributed by atoms with Gasteiger partial charge in [0.25, 0.3) is 5.91 Å². The molecule has 1 amide bonds. The van der Waals surface area contributed by atoms with Gasteiger partial charge in [0.2, 0.25) is 0 Å². The summed E-state index contributed by atoms with van der Waals surface area (Å²) in [4.78, 5) is 12.4. The number of para-hydroxylation sites is 1.